The second kappa shape index (κ2) is 9.87. The van der Waals surface area contributed by atoms with Crippen molar-refractivity contribution in [1.82, 2.24) is 4.31 Å². The third-order valence-electron chi connectivity index (χ3n) is 5.99. The molecule has 4 rings (SSSR count). The number of hydrogen-bond donors (Lipinski definition) is 1. The molecule has 0 radical (unpaired) electrons. The fraction of sp³-hybridized carbons (Fsp3) is 0.417. The maximum absolute atomic E-state index is 13.1. The standard InChI is InChI=1S/C24H29N3O4S2/c1-17(2)18-6-8-19(9-7-18)25-23(28)15-27-21-14-20(10-11-22(21)32-16-24(27)29)33(30,31)26-12-4-3-5-13-26/h6-11,14,17H,3-5,12-13,15-16H2,1-2H3,(H,25,28). The number of nitrogens with one attached hydrogen (secondary N) is 1. The lowest BCUT2D eigenvalue weighted by molar-refractivity contribution is -0.120. The zero-order valence-electron chi connectivity index (χ0n) is 18.9. The van der Waals surface area contributed by atoms with Gasteiger partial charge in [0.05, 0.1) is 16.3 Å². The first kappa shape index (κ1) is 23.8. The minimum Gasteiger partial charge on any atom is -0.325 e. The molecule has 0 unspecified atom stereocenters. The number of sulfonamides is 1. The van der Waals surface area contributed by atoms with Crippen LogP contribution in [0.4, 0.5) is 11.4 Å². The predicted molar refractivity (Wildman–Crippen MR) is 131 cm³/mol. The van der Waals surface area contributed by atoms with Crippen molar-refractivity contribution in [2.75, 3.05) is 35.6 Å². The number of benzene rings is 2. The molecule has 176 valence electrons. The summed E-state index contributed by atoms with van der Waals surface area (Å²) in [5.41, 5.74) is 2.30. The summed E-state index contributed by atoms with van der Waals surface area (Å²) in [6.45, 7) is 5.05. The third kappa shape index (κ3) is 5.26. The van der Waals surface area contributed by atoms with Crippen LogP contribution in [0.3, 0.4) is 0 Å². The molecule has 33 heavy (non-hydrogen) atoms. The highest BCUT2D eigenvalue weighted by Crippen LogP contribution is 2.37. The van der Waals surface area contributed by atoms with E-state index in [1.165, 1.54) is 32.6 Å². The van der Waals surface area contributed by atoms with E-state index in [0.717, 1.165) is 24.2 Å². The Morgan fingerprint density at radius 1 is 1.06 bits per heavy atom. The number of rotatable bonds is 6. The van der Waals surface area contributed by atoms with Gasteiger partial charge < -0.3 is 10.2 Å². The lowest BCUT2D eigenvalue weighted by Crippen LogP contribution is -2.41. The summed E-state index contributed by atoms with van der Waals surface area (Å²) in [5.74, 6) is 0.0555. The number of anilines is 2. The fourth-order valence-corrected chi connectivity index (χ4v) is 6.52. The Morgan fingerprint density at radius 2 is 1.76 bits per heavy atom. The summed E-state index contributed by atoms with van der Waals surface area (Å²) < 4.78 is 27.8. The number of amides is 2. The van der Waals surface area contributed by atoms with E-state index in [0.29, 0.717) is 30.4 Å². The topological polar surface area (TPSA) is 86.8 Å². The molecule has 2 amide bonds. The van der Waals surface area contributed by atoms with Crippen LogP contribution in [0, 0.1) is 0 Å². The van der Waals surface area contributed by atoms with E-state index < -0.39 is 10.0 Å². The van der Waals surface area contributed by atoms with Crippen molar-refractivity contribution in [2.24, 2.45) is 0 Å². The predicted octanol–water partition coefficient (Wildman–Crippen LogP) is 4.06. The average molecular weight is 488 g/mol. The van der Waals surface area contributed by atoms with Gasteiger partial charge in [0.25, 0.3) is 0 Å². The van der Waals surface area contributed by atoms with Crippen LogP contribution >= 0.6 is 11.8 Å². The number of carbonyl (C=O) groups excluding carboxylic acids is 2. The highest BCUT2D eigenvalue weighted by Gasteiger charge is 2.31. The lowest BCUT2D eigenvalue weighted by Gasteiger charge is -2.30. The number of nitrogens with zero attached hydrogens (tertiary/aromatic N) is 2. The minimum absolute atomic E-state index is 0.160. The average Bonchev–Trinajstić information content (AvgIpc) is 2.81. The SMILES string of the molecule is CC(C)c1ccc(NC(=O)CN2C(=O)CSc3ccc(S(=O)(=O)N4CCCCC4)cc32)cc1. The van der Waals surface area contributed by atoms with Gasteiger partial charge in [-0.3, -0.25) is 9.59 Å². The minimum atomic E-state index is -3.64. The zero-order valence-corrected chi connectivity index (χ0v) is 20.5. The van der Waals surface area contributed by atoms with Crippen molar-refractivity contribution in [3.05, 3.63) is 48.0 Å². The molecule has 0 atom stereocenters. The van der Waals surface area contributed by atoms with Crippen LogP contribution in [0.25, 0.3) is 0 Å². The Hall–Kier alpha value is -2.36. The van der Waals surface area contributed by atoms with Gasteiger partial charge in [-0.1, -0.05) is 32.4 Å². The van der Waals surface area contributed by atoms with Crippen LogP contribution in [0.1, 0.15) is 44.6 Å². The maximum atomic E-state index is 13.1. The summed E-state index contributed by atoms with van der Waals surface area (Å²) in [7, 11) is -3.64. The van der Waals surface area contributed by atoms with E-state index in [1.807, 2.05) is 24.3 Å². The molecule has 2 aromatic rings. The molecule has 1 saturated heterocycles. The molecule has 7 nitrogen and oxygen atoms in total. The molecule has 2 aliphatic heterocycles. The van der Waals surface area contributed by atoms with Crippen LogP contribution in [0.15, 0.2) is 52.3 Å². The van der Waals surface area contributed by atoms with Crippen molar-refractivity contribution in [3.63, 3.8) is 0 Å². The number of fused-ring (bicyclic) bond motifs is 1. The van der Waals surface area contributed by atoms with Crippen molar-refractivity contribution >= 4 is 45.0 Å². The van der Waals surface area contributed by atoms with E-state index in [9.17, 15) is 18.0 Å². The van der Waals surface area contributed by atoms with Gasteiger partial charge >= 0.3 is 0 Å². The lowest BCUT2D eigenvalue weighted by atomic mass is 10.0. The van der Waals surface area contributed by atoms with E-state index in [-0.39, 0.29) is 29.0 Å². The van der Waals surface area contributed by atoms with Crippen molar-refractivity contribution < 1.29 is 18.0 Å². The number of carbonyl (C=O) groups is 2. The Kier molecular flexibility index (Phi) is 7.11. The van der Waals surface area contributed by atoms with Gasteiger partial charge in [-0.05, 0) is 54.7 Å². The normalized spacial score (nSPS) is 17.2. The van der Waals surface area contributed by atoms with Crippen molar-refractivity contribution in [3.8, 4) is 0 Å². The number of hydrogen-bond acceptors (Lipinski definition) is 5. The van der Waals surface area contributed by atoms with Gasteiger partial charge in [0.1, 0.15) is 6.54 Å². The van der Waals surface area contributed by atoms with Crippen LogP contribution < -0.4 is 10.2 Å². The van der Waals surface area contributed by atoms with Gasteiger partial charge in [-0.25, -0.2) is 8.42 Å². The monoisotopic (exact) mass is 487 g/mol. The first-order valence-corrected chi connectivity index (χ1v) is 13.7. The van der Waals surface area contributed by atoms with E-state index in [1.54, 1.807) is 12.1 Å². The molecule has 0 bridgehead atoms. The van der Waals surface area contributed by atoms with Crippen LogP contribution in [-0.2, 0) is 19.6 Å². The summed E-state index contributed by atoms with van der Waals surface area (Å²) in [6.07, 6.45) is 2.73. The molecule has 0 spiro atoms. The molecule has 1 fully saturated rings. The number of piperidine rings is 1. The molecule has 0 saturated carbocycles. The molecular weight excluding hydrogens is 458 g/mol. The second-order valence-electron chi connectivity index (χ2n) is 8.69. The zero-order chi connectivity index (χ0) is 23.6. The largest absolute Gasteiger partial charge is 0.325 e. The summed E-state index contributed by atoms with van der Waals surface area (Å²) in [4.78, 5) is 27.8. The molecule has 0 aromatic heterocycles. The molecule has 2 aliphatic rings. The fourth-order valence-electron chi connectivity index (χ4n) is 4.07. The Bertz CT molecular complexity index is 1140. The molecule has 1 N–H and O–H groups in total. The summed E-state index contributed by atoms with van der Waals surface area (Å²) in [5, 5.41) is 2.84. The van der Waals surface area contributed by atoms with Gasteiger partial charge in [0.2, 0.25) is 21.8 Å². The molecule has 2 heterocycles. The molecule has 0 aliphatic carbocycles. The summed E-state index contributed by atoms with van der Waals surface area (Å²) in [6, 6.07) is 12.5. The first-order valence-electron chi connectivity index (χ1n) is 11.2. The Morgan fingerprint density at radius 3 is 2.42 bits per heavy atom. The number of thioether (sulfide) groups is 1. The van der Waals surface area contributed by atoms with Crippen LogP contribution in [0.2, 0.25) is 0 Å². The third-order valence-corrected chi connectivity index (χ3v) is 8.93. The maximum Gasteiger partial charge on any atom is 0.244 e. The van der Waals surface area contributed by atoms with E-state index in [2.05, 4.69) is 19.2 Å². The van der Waals surface area contributed by atoms with Gasteiger partial charge in [-0.2, -0.15) is 4.31 Å². The van der Waals surface area contributed by atoms with Crippen molar-refractivity contribution in [2.45, 2.75) is 48.8 Å². The first-order chi connectivity index (χ1) is 15.8. The summed E-state index contributed by atoms with van der Waals surface area (Å²) >= 11 is 1.36. The second-order valence-corrected chi connectivity index (χ2v) is 11.6. The van der Waals surface area contributed by atoms with Gasteiger partial charge in [0, 0.05) is 23.7 Å². The highest BCUT2D eigenvalue weighted by atomic mass is 32.2. The van der Waals surface area contributed by atoms with E-state index >= 15 is 0 Å². The van der Waals surface area contributed by atoms with Crippen LogP contribution in [0.5, 0.6) is 0 Å². The van der Waals surface area contributed by atoms with E-state index in [4.69, 9.17) is 0 Å². The van der Waals surface area contributed by atoms with Crippen LogP contribution in [-0.4, -0.2) is 49.9 Å². The van der Waals surface area contributed by atoms with Gasteiger partial charge in [0.15, 0.2) is 0 Å². The highest BCUT2D eigenvalue weighted by molar-refractivity contribution is 8.00. The Labute approximate surface area is 199 Å². The molecular formula is C24H29N3O4S2. The smallest absolute Gasteiger partial charge is 0.244 e. The quantitative estimate of drug-likeness (QED) is 0.664. The van der Waals surface area contributed by atoms with Crippen molar-refractivity contribution in [1.29, 1.82) is 0 Å². The molecule has 2 aromatic carbocycles. The molecule has 9 heteroatoms. The van der Waals surface area contributed by atoms with Gasteiger partial charge in [-0.15, -0.1) is 11.8 Å². The Balaban J connectivity index is 1.54.